The van der Waals surface area contributed by atoms with Crippen LogP contribution in [0.4, 0.5) is 0 Å². The molecule has 3 rings (SSSR count). The number of nitrogens with zero attached hydrogens (tertiary/aromatic N) is 1. The summed E-state index contributed by atoms with van der Waals surface area (Å²) in [7, 11) is 0. The molecule has 1 heterocycles. The highest BCUT2D eigenvalue weighted by atomic mass is 16.5. The van der Waals surface area contributed by atoms with Gasteiger partial charge in [-0.25, -0.2) is 0 Å². The van der Waals surface area contributed by atoms with Gasteiger partial charge in [0.25, 0.3) is 5.91 Å². The van der Waals surface area contributed by atoms with Crippen molar-refractivity contribution in [1.82, 2.24) is 10.2 Å². The zero-order valence-electron chi connectivity index (χ0n) is 19.2. The maximum Gasteiger partial charge on any atom is 0.312 e. The van der Waals surface area contributed by atoms with Crippen molar-refractivity contribution in [3.05, 3.63) is 78.1 Å². The van der Waals surface area contributed by atoms with E-state index in [4.69, 9.17) is 14.3 Å². The molecule has 2 amide bonds. The van der Waals surface area contributed by atoms with Gasteiger partial charge in [-0.05, 0) is 44.2 Å². The number of ether oxygens (including phenoxy) is 1. The number of benzene rings is 2. The lowest BCUT2D eigenvalue weighted by atomic mass is 10.1. The Labute approximate surface area is 198 Å². The molecule has 8 nitrogen and oxygen atoms in total. The minimum atomic E-state index is -1.18. The number of aliphatic carboxylic acids is 1. The molecule has 3 aromatic rings. The Morgan fingerprint density at radius 1 is 1.03 bits per heavy atom. The Balaban J connectivity index is 1.65. The molecule has 178 valence electrons. The summed E-state index contributed by atoms with van der Waals surface area (Å²) in [5.74, 6) is -0.514. The second-order valence-electron chi connectivity index (χ2n) is 7.96. The third-order valence-corrected chi connectivity index (χ3v) is 5.13. The Hall–Kier alpha value is -4.07. The van der Waals surface area contributed by atoms with Crippen LogP contribution >= 0.6 is 0 Å². The van der Waals surface area contributed by atoms with Gasteiger partial charge in [0.15, 0.2) is 0 Å². The number of para-hydroxylation sites is 1. The molecular formula is C26H28N2O6. The molecule has 0 saturated carbocycles. The van der Waals surface area contributed by atoms with Crippen molar-refractivity contribution in [3.63, 3.8) is 0 Å². The van der Waals surface area contributed by atoms with Crippen LogP contribution in [0.2, 0.25) is 0 Å². The predicted molar refractivity (Wildman–Crippen MR) is 126 cm³/mol. The molecule has 2 N–H and O–H groups in total. The first-order valence-corrected chi connectivity index (χ1v) is 11.0. The fourth-order valence-electron chi connectivity index (χ4n) is 3.38. The first-order valence-electron chi connectivity index (χ1n) is 11.0. The fraction of sp³-hybridized carbons (Fsp3) is 0.269. The summed E-state index contributed by atoms with van der Waals surface area (Å²) in [5.41, 5.74) is 2.30. The van der Waals surface area contributed by atoms with E-state index in [1.54, 1.807) is 29.4 Å². The maximum absolute atomic E-state index is 13.3. The van der Waals surface area contributed by atoms with Crippen LogP contribution in [0.25, 0.3) is 11.3 Å². The van der Waals surface area contributed by atoms with Crippen LogP contribution in [0.5, 0.6) is 5.75 Å². The van der Waals surface area contributed by atoms with E-state index < -0.39 is 18.3 Å². The standard InChI is InChI=1S/C26H28N2O6/c1-18(2)28(26(32)20-11-9-19(10-12-20)22-8-5-14-33-22)17-21-6-3-4-7-23(21)34-15-13-27-24(29)16-25(30)31/h3-12,14,18H,13,15-17H2,1-2H3,(H,27,29)(H,30,31). The Morgan fingerprint density at radius 3 is 2.41 bits per heavy atom. The largest absolute Gasteiger partial charge is 0.491 e. The van der Waals surface area contributed by atoms with E-state index in [9.17, 15) is 14.4 Å². The van der Waals surface area contributed by atoms with Gasteiger partial charge in [-0.1, -0.05) is 30.3 Å². The van der Waals surface area contributed by atoms with Crippen LogP contribution in [0.3, 0.4) is 0 Å². The van der Waals surface area contributed by atoms with Gasteiger partial charge in [0.1, 0.15) is 24.5 Å². The van der Waals surface area contributed by atoms with Crippen molar-refractivity contribution in [2.24, 2.45) is 0 Å². The number of amides is 2. The third kappa shape index (κ3) is 6.71. The van der Waals surface area contributed by atoms with E-state index >= 15 is 0 Å². The molecule has 0 aliphatic carbocycles. The highest BCUT2D eigenvalue weighted by Crippen LogP contribution is 2.24. The van der Waals surface area contributed by atoms with Crippen molar-refractivity contribution in [2.45, 2.75) is 32.9 Å². The summed E-state index contributed by atoms with van der Waals surface area (Å²) in [6, 6.07) is 18.3. The normalized spacial score (nSPS) is 10.7. The number of rotatable bonds is 11. The van der Waals surface area contributed by atoms with Crippen LogP contribution in [-0.2, 0) is 16.1 Å². The Kier molecular flexibility index (Phi) is 8.45. The number of carbonyl (C=O) groups excluding carboxylic acids is 2. The number of carboxylic acid groups (broad SMARTS) is 1. The average molecular weight is 465 g/mol. The van der Waals surface area contributed by atoms with Crippen molar-refractivity contribution in [3.8, 4) is 17.1 Å². The predicted octanol–water partition coefficient (Wildman–Crippen LogP) is 3.97. The first kappa shape index (κ1) is 24.6. The number of nitrogens with one attached hydrogen (secondary N) is 1. The van der Waals surface area contributed by atoms with E-state index in [2.05, 4.69) is 5.32 Å². The quantitative estimate of drug-likeness (QED) is 0.328. The molecule has 1 aromatic heterocycles. The minimum absolute atomic E-state index is 0.0550. The van der Waals surface area contributed by atoms with Gasteiger partial charge in [-0.2, -0.15) is 0 Å². The zero-order valence-corrected chi connectivity index (χ0v) is 19.2. The minimum Gasteiger partial charge on any atom is -0.491 e. The lowest BCUT2D eigenvalue weighted by Gasteiger charge is -2.28. The summed E-state index contributed by atoms with van der Waals surface area (Å²) < 4.78 is 11.2. The van der Waals surface area contributed by atoms with Gasteiger partial charge in [-0.3, -0.25) is 14.4 Å². The number of furan rings is 1. The van der Waals surface area contributed by atoms with Crippen LogP contribution < -0.4 is 10.1 Å². The van der Waals surface area contributed by atoms with Gasteiger partial charge in [0, 0.05) is 29.3 Å². The molecule has 0 spiro atoms. The van der Waals surface area contributed by atoms with Crippen molar-refractivity contribution < 1.29 is 28.6 Å². The summed E-state index contributed by atoms with van der Waals surface area (Å²) in [5, 5.41) is 11.1. The van der Waals surface area contributed by atoms with E-state index in [1.807, 2.05) is 56.3 Å². The SMILES string of the molecule is CC(C)N(Cc1ccccc1OCCNC(=O)CC(=O)O)C(=O)c1ccc(-c2ccco2)cc1. The van der Waals surface area contributed by atoms with E-state index in [-0.39, 0.29) is 25.1 Å². The Morgan fingerprint density at radius 2 is 1.76 bits per heavy atom. The van der Waals surface area contributed by atoms with Gasteiger partial charge in [0.2, 0.25) is 5.91 Å². The van der Waals surface area contributed by atoms with Crippen molar-refractivity contribution in [1.29, 1.82) is 0 Å². The molecular weight excluding hydrogens is 436 g/mol. The van der Waals surface area contributed by atoms with Crippen LogP contribution in [0, 0.1) is 0 Å². The van der Waals surface area contributed by atoms with Gasteiger partial charge >= 0.3 is 5.97 Å². The van der Waals surface area contributed by atoms with Crippen LogP contribution in [-0.4, -0.2) is 47.0 Å². The second kappa shape index (κ2) is 11.7. The molecule has 2 aromatic carbocycles. The smallest absolute Gasteiger partial charge is 0.312 e. The van der Waals surface area contributed by atoms with Gasteiger partial charge < -0.3 is 24.5 Å². The topological polar surface area (TPSA) is 109 Å². The highest BCUT2D eigenvalue weighted by Gasteiger charge is 2.21. The van der Waals surface area contributed by atoms with Crippen LogP contribution in [0.1, 0.15) is 36.2 Å². The van der Waals surface area contributed by atoms with Crippen LogP contribution in [0.15, 0.2) is 71.3 Å². The lowest BCUT2D eigenvalue weighted by Crippen LogP contribution is -2.36. The third-order valence-electron chi connectivity index (χ3n) is 5.13. The Bertz CT molecular complexity index is 1110. The molecule has 0 aliphatic rings. The second-order valence-corrected chi connectivity index (χ2v) is 7.96. The fourth-order valence-corrected chi connectivity index (χ4v) is 3.38. The van der Waals surface area contributed by atoms with Crippen molar-refractivity contribution in [2.75, 3.05) is 13.2 Å². The monoisotopic (exact) mass is 464 g/mol. The molecule has 34 heavy (non-hydrogen) atoms. The highest BCUT2D eigenvalue weighted by molar-refractivity contribution is 5.95. The van der Waals surface area contributed by atoms with Gasteiger partial charge in [-0.15, -0.1) is 0 Å². The molecule has 0 atom stereocenters. The molecule has 0 unspecified atom stereocenters. The van der Waals surface area contributed by atoms with E-state index in [0.29, 0.717) is 17.9 Å². The summed E-state index contributed by atoms with van der Waals surface area (Å²) in [6.07, 6.45) is 1.03. The summed E-state index contributed by atoms with van der Waals surface area (Å²) >= 11 is 0. The number of hydrogen-bond donors (Lipinski definition) is 2. The van der Waals surface area contributed by atoms with Gasteiger partial charge in [0.05, 0.1) is 12.8 Å². The lowest BCUT2D eigenvalue weighted by molar-refractivity contribution is -0.140. The first-order chi connectivity index (χ1) is 16.3. The van der Waals surface area contributed by atoms with Crippen molar-refractivity contribution >= 4 is 17.8 Å². The average Bonchev–Trinajstić information content (AvgIpc) is 3.35. The molecule has 8 heteroatoms. The number of carboxylic acids is 1. The molecule has 0 radical (unpaired) electrons. The number of carbonyl (C=O) groups is 3. The molecule has 0 fully saturated rings. The molecule has 0 saturated heterocycles. The molecule has 0 aliphatic heterocycles. The molecule has 0 bridgehead atoms. The zero-order chi connectivity index (χ0) is 24.5. The maximum atomic E-state index is 13.3. The number of hydrogen-bond acceptors (Lipinski definition) is 5. The summed E-state index contributed by atoms with van der Waals surface area (Å²) in [4.78, 5) is 37.1. The van der Waals surface area contributed by atoms with E-state index in [0.717, 1.165) is 16.9 Å². The summed E-state index contributed by atoms with van der Waals surface area (Å²) in [6.45, 7) is 4.60. The van der Waals surface area contributed by atoms with E-state index in [1.165, 1.54) is 0 Å².